The van der Waals surface area contributed by atoms with Crippen LogP contribution in [0.1, 0.15) is 25.7 Å². The highest BCUT2D eigenvalue weighted by atomic mass is 16.4. The molecule has 78 valence electrons. The van der Waals surface area contributed by atoms with E-state index in [4.69, 9.17) is 5.11 Å². The second kappa shape index (κ2) is 7.97. The minimum absolute atomic E-state index is 0.292. The van der Waals surface area contributed by atoms with Gasteiger partial charge in [0.25, 0.3) is 0 Å². The number of nitrogens with two attached hydrogens (primary N) is 2. The fourth-order valence-electron chi connectivity index (χ4n) is 1.44. The molecule has 0 amide bonds. The Bertz CT molecular complexity index is 135. The molecule has 1 rings (SSSR count). The first-order valence-electron chi connectivity index (χ1n) is 4.56. The summed E-state index contributed by atoms with van der Waals surface area (Å²) >= 11 is 0. The molecule has 1 heterocycles. The van der Waals surface area contributed by atoms with E-state index < -0.39 is 5.97 Å². The van der Waals surface area contributed by atoms with Gasteiger partial charge in [-0.3, -0.25) is 16.5 Å². The van der Waals surface area contributed by atoms with Crippen LogP contribution in [0, 0.1) is 0 Å². The lowest BCUT2D eigenvalue weighted by atomic mass is 10.1. The van der Waals surface area contributed by atoms with E-state index >= 15 is 0 Å². The molecule has 13 heavy (non-hydrogen) atoms. The van der Waals surface area contributed by atoms with Crippen molar-refractivity contribution in [3.05, 3.63) is 0 Å². The van der Waals surface area contributed by atoms with Crippen molar-refractivity contribution >= 4 is 5.97 Å². The fraction of sp³-hybridized carbons (Fsp3) is 0.875. The van der Waals surface area contributed by atoms with Gasteiger partial charge in [0.05, 0.1) is 6.42 Å². The Kier molecular flexibility index (Phi) is 7.57. The first-order valence-corrected chi connectivity index (χ1v) is 4.56. The zero-order valence-corrected chi connectivity index (χ0v) is 7.91. The highest BCUT2D eigenvalue weighted by molar-refractivity contribution is 5.66. The van der Waals surface area contributed by atoms with Gasteiger partial charge in [-0.15, -0.1) is 0 Å². The summed E-state index contributed by atoms with van der Waals surface area (Å²) in [5.41, 5.74) is 0. The quantitative estimate of drug-likeness (QED) is 0.421. The number of aliphatic carboxylic acids is 1. The zero-order valence-electron chi connectivity index (χ0n) is 7.91. The van der Waals surface area contributed by atoms with E-state index in [0.29, 0.717) is 6.42 Å². The number of hydrogen-bond donors (Lipinski definition) is 3. The Hall–Kier alpha value is -0.650. The SMILES string of the molecule is NN.O=C(O)CCN1CCCCC1. The van der Waals surface area contributed by atoms with Crippen molar-refractivity contribution in [1.29, 1.82) is 0 Å². The van der Waals surface area contributed by atoms with Crippen molar-refractivity contribution in [1.82, 2.24) is 4.90 Å². The molecule has 0 unspecified atom stereocenters. The third kappa shape index (κ3) is 6.51. The van der Waals surface area contributed by atoms with Crippen LogP contribution in [0.3, 0.4) is 0 Å². The highest BCUT2D eigenvalue weighted by Gasteiger charge is 2.10. The first-order chi connectivity index (χ1) is 6.29. The predicted molar refractivity (Wildman–Crippen MR) is 50.9 cm³/mol. The molecule has 0 aromatic rings. The fourth-order valence-corrected chi connectivity index (χ4v) is 1.44. The first kappa shape index (κ1) is 12.3. The number of hydrazine groups is 1. The third-order valence-corrected chi connectivity index (χ3v) is 2.09. The topological polar surface area (TPSA) is 92.6 Å². The molecular weight excluding hydrogens is 170 g/mol. The van der Waals surface area contributed by atoms with E-state index in [1.54, 1.807) is 0 Å². The molecule has 0 aromatic heterocycles. The lowest BCUT2D eigenvalue weighted by molar-refractivity contribution is -0.137. The summed E-state index contributed by atoms with van der Waals surface area (Å²) < 4.78 is 0. The van der Waals surface area contributed by atoms with Gasteiger partial charge in [-0.1, -0.05) is 6.42 Å². The summed E-state index contributed by atoms with van der Waals surface area (Å²) in [6, 6.07) is 0. The van der Waals surface area contributed by atoms with E-state index in [0.717, 1.165) is 19.6 Å². The van der Waals surface area contributed by atoms with Crippen LogP contribution in [0.2, 0.25) is 0 Å². The zero-order chi connectivity index (χ0) is 10.1. The van der Waals surface area contributed by atoms with Crippen LogP contribution < -0.4 is 11.7 Å². The van der Waals surface area contributed by atoms with Crippen LogP contribution in [-0.2, 0) is 4.79 Å². The highest BCUT2D eigenvalue weighted by Crippen LogP contribution is 2.08. The number of hydrogen-bond acceptors (Lipinski definition) is 4. The maximum Gasteiger partial charge on any atom is 0.304 e. The summed E-state index contributed by atoms with van der Waals surface area (Å²) in [6.45, 7) is 2.91. The molecule has 5 heteroatoms. The molecule has 0 aromatic carbocycles. The van der Waals surface area contributed by atoms with E-state index in [2.05, 4.69) is 16.6 Å². The molecule has 0 saturated carbocycles. The Balaban J connectivity index is 0.000000671. The van der Waals surface area contributed by atoms with Gasteiger partial charge >= 0.3 is 5.97 Å². The predicted octanol–water partition coefficient (Wildman–Crippen LogP) is -0.234. The number of piperidine rings is 1. The van der Waals surface area contributed by atoms with E-state index in [9.17, 15) is 4.79 Å². The number of carbonyl (C=O) groups is 1. The summed E-state index contributed by atoms with van der Waals surface area (Å²) in [6.07, 6.45) is 4.07. The average molecular weight is 189 g/mol. The van der Waals surface area contributed by atoms with Crippen molar-refractivity contribution in [3.63, 3.8) is 0 Å². The van der Waals surface area contributed by atoms with Gasteiger partial charge in [0.2, 0.25) is 0 Å². The van der Waals surface area contributed by atoms with Crippen molar-refractivity contribution in [3.8, 4) is 0 Å². The third-order valence-electron chi connectivity index (χ3n) is 2.09. The standard InChI is InChI=1S/C8H15NO2.H4N2/c10-8(11)4-7-9-5-2-1-3-6-9;1-2/h1-7H2,(H,10,11);1-2H2. The average Bonchev–Trinajstić information content (AvgIpc) is 2.19. The number of nitrogens with zero attached hydrogens (tertiary/aromatic N) is 1. The van der Waals surface area contributed by atoms with E-state index in [1.165, 1.54) is 19.3 Å². The summed E-state index contributed by atoms with van der Waals surface area (Å²) in [7, 11) is 0. The smallest absolute Gasteiger partial charge is 0.304 e. The van der Waals surface area contributed by atoms with Crippen molar-refractivity contribution < 1.29 is 9.90 Å². The van der Waals surface area contributed by atoms with Gasteiger partial charge in [-0.25, -0.2) is 0 Å². The van der Waals surface area contributed by atoms with Gasteiger partial charge in [0.15, 0.2) is 0 Å². The van der Waals surface area contributed by atoms with Crippen LogP contribution >= 0.6 is 0 Å². The van der Waals surface area contributed by atoms with Crippen LogP contribution in [0.25, 0.3) is 0 Å². The van der Waals surface area contributed by atoms with Gasteiger partial charge in [-0.2, -0.15) is 0 Å². The minimum Gasteiger partial charge on any atom is -0.481 e. The Morgan fingerprint density at radius 3 is 2.23 bits per heavy atom. The van der Waals surface area contributed by atoms with Crippen LogP contribution in [0.4, 0.5) is 0 Å². The van der Waals surface area contributed by atoms with Gasteiger partial charge < -0.3 is 10.0 Å². The molecule has 0 bridgehead atoms. The normalized spacial score (nSPS) is 17.4. The number of carboxylic acids is 1. The van der Waals surface area contributed by atoms with Crippen LogP contribution in [0.15, 0.2) is 0 Å². The molecule has 0 aliphatic carbocycles. The molecule has 1 aliphatic heterocycles. The number of rotatable bonds is 3. The Morgan fingerprint density at radius 1 is 1.23 bits per heavy atom. The Morgan fingerprint density at radius 2 is 1.77 bits per heavy atom. The monoisotopic (exact) mass is 189 g/mol. The second-order valence-corrected chi connectivity index (χ2v) is 3.05. The molecule has 1 saturated heterocycles. The maximum absolute atomic E-state index is 10.2. The molecule has 1 fully saturated rings. The second-order valence-electron chi connectivity index (χ2n) is 3.05. The molecule has 5 nitrogen and oxygen atoms in total. The van der Waals surface area contributed by atoms with Crippen molar-refractivity contribution in [2.45, 2.75) is 25.7 Å². The molecule has 0 radical (unpaired) electrons. The molecular formula is C8H19N3O2. The summed E-state index contributed by atoms with van der Waals surface area (Å²) in [4.78, 5) is 12.4. The van der Waals surface area contributed by atoms with Gasteiger partial charge in [0.1, 0.15) is 0 Å². The van der Waals surface area contributed by atoms with Gasteiger partial charge in [0, 0.05) is 6.54 Å². The van der Waals surface area contributed by atoms with Crippen LogP contribution in [-0.4, -0.2) is 35.6 Å². The number of likely N-dealkylation sites (tertiary alicyclic amines) is 1. The van der Waals surface area contributed by atoms with Crippen LogP contribution in [0.5, 0.6) is 0 Å². The van der Waals surface area contributed by atoms with E-state index in [1.807, 2.05) is 0 Å². The lowest BCUT2D eigenvalue weighted by Crippen LogP contribution is -2.31. The van der Waals surface area contributed by atoms with E-state index in [-0.39, 0.29) is 0 Å². The molecule has 0 spiro atoms. The largest absolute Gasteiger partial charge is 0.481 e. The summed E-state index contributed by atoms with van der Waals surface area (Å²) in [5, 5.41) is 8.42. The van der Waals surface area contributed by atoms with Gasteiger partial charge in [-0.05, 0) is 25.9 Å². The molecule has 1 aliphatic rings. The number of carboxylic acid groups (broad SMARTS) is 1. The maximum atomic E-state index is 10.2. The Labute approximate surface area is 78.7 Å². The molecule has 0 atom stereocenters. The van der Waals surface area contributed by atoms with Crippen molar-refractivity contribution in [2.75, 3.05) is 19.6 Å². The molecule has 5 N–H and O–H groups in total. The minimum atomic E-state index is -0.685. The summed E-state index contributed by atoms with van der Waals surface area (Å²) in [5.74, 6) is 7.32. The van der Waals surface area contributed by atoms with Crippen molar-refractivity contribution in [2.24, 2.45) is 11.7 Å². The lowest BCUT2D eigenvalue weighted by Gasteiger charge is -2.25.